The molecule has 1 atom stereocenters. The number of carbonyl (C=O) groups is 1. The molecule has 0 saturated carbocycles. The molecule has 0 fully saturated rings. The third kappa shape index (κ3) is 5.05. The second-order valence-electron chi connectivity index (χ2n) is 6.80. The van der Waals surface area contributed by atoms with Gasteiger partial charge in [-0.25, -0.2) is 9.78 Å². The molecule has 0 saturated heterocycles. The number of nitrogens with one attached hydrogen (secondary N) is 2. The van der Waals surface area contributed by atoms with Gasteiger partial charge < -0.3 is 30.0 Å². The molecule has 0 spiro atoms. The fourth-order valence-corrected chi connectivity index (χ4v) is 3.00. The fraction of sp³-hybridized carbons (Fsp3) is 0.136. The van der Waals surface area contributed by atoms with Crippen LogP contribution in [0, 0.1) is 0 Å². The summed E-state index contributed by atoms with van der Waals surface area (Å²) in [6.45, 7) is -0.634. The lowest BCUT2D eigenvalue weighted by Crippen LogP contribution is -2.33. The summed E-state index contributed by atoms with van der Waals surface area (Å²) in [6, 6.07) is 13.2. The van der Waals surface area contributed by atoms with Gasteiger partial charge in [-0.3, -0.25) is 0 Å². The molecule has 0 radical (unpaired) electrons. The van der Waals surface area contributed by atoms with Gasteiger partial charge in [0.2, 0.25) is 11.9 Å². The van der Waals surface area contributed by atoms with E-state index in [-0.39, 0.29) is 11.9 Å². The van der Waals surface area contributed by atoms with Gasteiger partial charge in [0.25, 0.3) is 0 Å². The van der Waals surface area contributed by atoms with E-state index < -0.39 is 18.6 Å². The molecule has 4 N–H and O–H groups in total. The van der Waals surface area contributed by atoms with Crippen LogP contribution in [0.4, 0.5) is 17.6 Å². The van der Waals surface area contributed by atoms with Crippen LogP contribution in [-0.4, -0.2) is 55.9 Å². The number of aliphatic carboxylic acids is 1. The Morgan fingerprint density at radius 2 is 1.91 bits per heavy atom. The third-order valence-electron chi connectivity index (χ3n) is 4.61. The Hall–Kier alpha value is -4.51. The zero-order valence-corrected chi connectivity index (χ0v) is 17.5. The Morgan fingerprint density at radius 1 is 1.12 bits per heavy atom. The molecular weight excluding hydrogens is 428 g/mol. The van der Waals surface area contributed by atoms with Gasteiger partial charge in [0.05, 0.1) is 25.5 Å². The summed E-state index contributed by atoms with van der Waals surface area (Å²) >= 11 is 0. The molecule has 0 aliphatic heterocycles. The number of hydrogen-bond donors (Lipinski definition) is 4. The van der Waals surface area contributed by atoms with E-state index in [0.717, 1.165) is 5.56 Å². The van der Waals surface area contributed by atoms with Gasteiger partial charge in [-0.15, -0.1) is 0 Å². The Labute approximate surface area is 188 Å². The zero-order chi connectivity index (χ0) is 23.2. The van der Waals surface area contributed by atoms with E-state index in [0.29, 0.717) is 28.6 Å². The van der Waals surface area contributed by atoms with Gasteiger partial charge in [-0.2, -0.15) is 15.0 Å². The van der Waals surface area contributed by atoms with Crippen LogP contribution in [0.25, 0.3) is 22.7 Å². The van der Waals surface area contributed by atoms with Crippen LogP contribution in [0.3, 0.4) is 0 Å². The number of methoxy groups -OCH3 is 1. The average Bonchev–Trinajstić information content (AvgIpc) is 3.37. The minimum atomic E-state index is -1.27. The summed E-state index contributed by atoms with van der Waals surface area (Å²) in [5.74, 6) is 0.351. The molecule has 4 aromatic rings. The Bertz CT molecular complexity index is 1230. The number of carboxylic acids is 1. The highest BCUT2D eigenvalue weighted by Crippen LogP contribution is 2.33. The van der Waals surface area contributed by atoms with Crippen LogP contribution in [0.15, 0.2) is 65.5 Å². The first-order valence-corrected chi connectivity index (χ1v) is 9.83. The quantitative estimate of drug-likeness (QED) is 0.299. The highest BCUT2D eigenvalue weighted by atomic mass is 16.5. The van der Waals surface area contributed by atoms with Crippen molar-refractivity contribution in [3.63, 3.8) is 0 Å². The molecule has 0 aliphatic carbocycles. The lowest BCUT2D eigenvalue weighted by molar-refractivity contribution is -0.138. The fourth-order valence-electron chi connectivity index (χ4n) is 3.00. The summed E-state index contributed by atoms with van der Waals surface area (Å²) in [7, 11) is 1.54. The Balaban J connectivity index is 1.69. The van der Waals surface area contributed by atoms with Gasteiger partial charge in [-0.1, -0.05) is 30.3 Å². The van der Waals surface area contributed by atoms with Crippen molar-refractivity contribution in [2.45, 2.75) is 6.04 Å². The van der Waals surface area contributed by atoms with Crippen molar-refractivity contribution >= 4 is 23.6 Å². The van der Waals surface area contributed by atoms with Gasteiger partial charge >= 0.3 is 5.97 Å². The normalized spacial score (nSPS) is 11.6. The lowest BCUT2D eigenvalue weighted by Gasteiger charge is -2.14. The van der Waals surface area contributed by atoms with Crippen LogP contribution in [0.2, 0.25) is 0 Å². The number of anilines is 3. The Morgan fingerprint density at radius 3 is 2.58 bits per heavy atom. The van der Waals surface area contributed by atoms with E-state index in [2.05, 4.69) is 30.6 Å². The third-order valence-corrected chi connectivity index (χ3v) is 4.61. The molecular formula is C22H20N6O5. The maximum atomic E-state index is 11.3. The minimum Gasteiger partial charge on any atom is -0.496 e. The molecule has 33 heavy (non-hydrogen) atoms. The number of aliphatic hydroxyl groups is 1. The van der Waals surface area contributed by atoms with E-state index in [1.54, 1.807) is 31.5 Å². The first kappa shape index (κ1) is 21.7. The number of carboxylic acid groups (broad SMARTS) is 1. The number of nitrogens with zero attached hydrogens (tertiary/aromatic N) is 4. The summed E-state index contributed by atoms with van der Waals surface area (Å²) in [5, 5.41) is 24.3. The van der Waals surface area contributed by atoms with Crippen molar-refractivity contribution < 1.29 is 24.2 Å². The van der Waals surface area contributed by atoms with Crippen molar-refractivity contribution in [1.29, 1.82) is 0 Å². The highest BCUT2D eigenvalue weighted by molar-refractivity contribution is 5.77. The maximum absolute atomic E-state index is 11.3. The zero-order valence-electron chi connectivity index (χ0n) is 17.5. The summed E-state index contributed by atoms with van der Waals surface area (Å²) in [4.78, 5) is 28.3. The molecule has 168 valence electrons. The molecule has 11 heteroatoms. The first-order chi connectivity index (χ1) is 16.1. The molecule has 1 unspecified atom stereocenters. The largest absolute Gasteiger partial charge is 0.496 e. The summed E-state index contributed by atoms with van der Waals surface area (Å²) in [6.07, 6.45) is 2.92. The summed E-state index contributed by atoms with van der Waals surface area (Å²) < 4.78 is 10.8. The molecule has 11 nitrogen and oxygen atoms in total. The van der Waals surface area contributed by atoms with Crippen LogP contribution in [-0.2, 0) is 4.79 Å². The Kier molecular flexibility index (Phi) is 6.41. The van der Waals surface area contributed by atoms with Crippen molar-refractivity contribution in [3.05, 3.63) is 61.1 Å². The monoisotopic (exact) mass is 448 g/mol. The molecule has 0 aliphatic rings. The lowest BCUT2D eigenvalue weighted by atomic mass is 10.1. The molecule has 4 rings (SSSR count). The number of oxazole rings is 1. The van der Waals surface area contributed by atoms with Gasteiger partial charge in [0.1, 0.15) is 5.75 Å². The van der Waals surface area contributed by atoms with Crippen molar-refractivity contribution in [3.8, 4) is 28.5 Å². The van der Waals surface area contributed by atoms with Crippen molar-refractivity contribution in [2.24, 2.45) is 0 Å². The van der Waals surface area contributed by atoms with E-state index >= 15 is 0 Å². The second kappa shape index (κ2) is 9.75. The van der Waals surface area contributed by atoms with Gasteiger partial charge in [-0.05, 0) is 12.1 Å². The van der Waals surface area contributed by atoms with Crippen LogP contribution < -0.4 is 15.4 Å². The SMILES string of the molecule is COc1cc(Nc2nc(NC(CO)C(=O)O)nc(-c3ccccc3)n2)ccc1-c1cnco1. The second-order valence-corrected chi connectivity index (χ2v) is 6.80. The molecule has 0 amide bonds. The number of rotatable bonds is 9. The van der Waals surface area contributed by atoms with Crippen LogP contribution in [0.1, 0.15) is 0 Å². The summed E-state index contributed by atoms with van der Waals surface area (Å²) in [5.41, 5.74) is 2.04. The molecule has 2 heterocycles. The van der Waals surface area contributed by atoms with E-state index in [1.165, 1.54) is 6.39 Å². The van der Waals surface area contributed by atoms with Crippen LogP contribution in [0.5, 0.6) is 5.75 Å². The van der Waals surface area contributed by atoms with Crippen LogP contribution >= 0.6 is 0 Å². The van der Waals surface area contributed by atoms with Gasteiger partial charge in [0, 0.05) is 17.3 Å². The maximum Gasteiger partial charge on any atom is 0.328 e. The predicted octanol–water partition coefficient (Wildman–Crippen LogP) is 2.80. The minimum absolute atomic E-state index is 0.00181. The van der Waals surface area contributed by atoms with E-state index in [4.69, 9.17) is 9.15 Å². The molecule has 2 aromatic heterocycles. The van der Waals surface area contributed by atoms with E-state index in [9.17, 15) is 15.0 Å². The molecule has 0 bridgehead atoms. The van der Waals surface area contributed by atoms with E-state index in [1.807, 2.05) is 30.3 Å². The highest BCUT2D eigenvalue weighted by Gasteiger charge is 2.19. The number of aromatic nitrogens is 4. The standard InChI is InChI=1S/C22H20N6O5/c1-32-17-9-14(7-8-15(17)18-10-23-12-33-18)24-21-26-19(13-5-3-2-4-6-13)27-22(28-21)25-16(11-29)20(30)31/h2-10,12,16,29H,11H2,1H3,(H,30,31)(H2,24,25,26,27,28). The topological polar surface area (TPSA) is 156 Å². The van der Waals surface area contributed by atoms with Crippen molar-refractivity contribution in [1.82, 2.24) is 19.9 Å². The average molecular weight is 448 g/mol. The smallest absolute Gasteiger partial charge is 0.328 e. The number of benzene rings is 2. The number of hydrogen-bond acceptors (Lipinski definition) is 10. The van der Waals surface area contributed by atoms with Gasteiger partial charge in [0.15, 0.2) is 24.0 Å². The first-order valence-electron chi connectivity index (χ1n) is 9.83. The molecule has 2 aromatic carbocycles. The predicted molar refractivity (Wildman–Crippen MR) is 119 cm³/mol. The van der Waals surface area contributed by atoms with Crippen molar-refractivity contribution in [2.75, 3.05) is 24.4 Å². The number of ether oxygens (including phenoxy) is 1. The number of aliphatic hydroxyl groups excluding tert-OH is 1.